The van der Waals surface area contributed by atoms with E-state index in [0.717, 1.165) is 49.7 Å². The normalized spacial score (nSPS) is 21.5. The van der Waals surface area contributed by atoms with Crippen LogP contribution in [0.3, 0.4) is 0 Å². The van der Waals surface area contributed by atoms with Crippen LogP contribution in [0.15, 0.2) is 48.5 Å². The highest BCUT2D eigenvalue weighted by Crippen LogP contribution is 2.32. The summed E-state index contributed by atoms with van der Waals surface area (Å²) in [5.74, 6) is 8.96. The third kappa shape index (κ3) is 13.0. The van der Waals surface area contributed by atoms with Gasteiger partial charge in [-0.15, -0.1) is 0 Å². The Balaban J connectivity index is 1.00. The molecular weight excluding hydrogens is 841 g/mol. The molecule has 0 bridgehead atoms. The van der Waals surface area contributed by atoms with Gasteiger partial charge in [-0.3, -0.25) is 28.8 Å². The molecule has 2 aliphatic heterocycles. The van der Waals surface area contributed by atoms with E-state index in [9.17, 15) is 28.8 Å². The highest BCUT2D eigenvalue weighted by molar-refractivity contribution is 5.94. The number of fused-ring (bicyclic) bond motifs is 2. The summed E-state index contributed by atoms with van der Waals surface area (Å²) in [6.07, 6.45) is 7.87. The number of likely N-dealkylation sites (tertiary alicyclic amines) is 2. The van der Waals surface area contributed by atoms with Crippen LogP contribution in [0, 0.1) is 23.7 Å². The van der Waals surface area contributed by atoms with Gasteiger partial charge in [0.15, 0.2) is 0 Å². The molecule has 0 spiro atoms. The molecule has 2 aliphatic carbocycles. The van der Waals surface area contributed by atoms with E-state index in [-0.39, 0.29) is 62.1 Å². The first-order valence-corrected chi connectivity index (χ1v) is 23.4. The maximum absolute atomic E-state index is 14.0. The number of hydrogen-bond acceptors (Lipinski definition) is 10. The maximum atomic E-state index is 14.0. The maximum Gasteiger partial charge on any atom is 0.248 e. The molecule has 6 N–H and O–H groups in total. The topological polar surface area (TPSA) is 200 Å². The fourth-order valence-corrected chi connectivity index (χ4v) is 9.17. The number of rotatable bonds is 18. The number of carbonyl (C=O) groups excluding carboxylic acids is 6. The van der Waals surface area contributed by atoms with Crippen LogP contribution in [0.4, 0.5) is 0 Å². The predicted molar refractivity (Wildman–Crippen MR) is 248 cm³/mol. The standard InChI is InChI=1S/C50H66N8O8/c1-33(51-3)45(59)55-41(49(63)57-27-15-25-43(57)47(61)53-39-23-13-19-35-17-7-9-21-37(35)39)31-65-29-11-5-6-12-30-66-32-42(56-46(60)34(2)52-4)50(64)58-28-16-26-44(58)48(62)54-40-24-14-20-36-18-8-10-22-38(36)40/h7-10,17-18,21-22,33-34,39-44,51-52H,13-16,19-20,23-32H2,1-4H3,(H,53,61)(H,54,62)(H,55,59)(H,56,60)/t33-,34-,39+,40+,41-,42-,43?,44?/m0/s1. The zero-order valence-corrected chi connectivity index (χ0v) is 38.7. The Labute approximate surface area is 388 Å². The Morgan fingerprint density at radius 3 is 1.42 bits per heavy atom. The molecule has 0 aromatic heterocycles. The molecule has 2 aromatic carbocycles. The number of likely N-dealkylation sites (N-methyl/N-ethyl adjacent to an activating group) is 2. The summed E-state index contributed by atoms with van der Waals surface area (Å²) in [5.41, 5.74) is 4.68. The monoisotopic (exact) mass is 907 g/mol. The molecule has 66 heavy (non-hydrogen) atoms. The molecule has 354 valence electrons. The lowest BCUT2D eigenvalue weighted by Crippen LogP contribution is -2.57. The van der Waals surface area contributed by atoms with Gasteiger partial charge in [-0.2, -0.15) is 0 Å². The fraction of sp³-hybridized carbons (Fsp3) is 0.560. The van der Waals surface area contributed by atoms with Crippen LogP contribution in [0.2, 0.25) is 0 Å². The van der Waals surface area contributed by atoms with Gasteiger partial charge in [-0.25, -0.2) is 0 Å². The number of hydrogen-bond donors (Lipinski definition) is 6. The number of nitrogens with zero attached hydrogens (tertiary/aromatic N) is 2. The van der Waals surface area contributed by atoms with Crippen molar-refractivity contribution in [2.24, 2.45) is 0 Å². The van der Waals surface area contributed by atoms with E-state index in [1.807, 2.05) is 36.4 Å². The molecule has 2 fully saturated rings. The Hall–Kier alpha value is -5.78. The first-order valence-electron chi connectivity index (χ1n) is 23.4. The summed E-state index contributed by atoms with van der Waals surface area (Å²) >= 11 is 0. The number of aryl methyl sites for hydroxylation is 2. The van der Waals surface area contributed by atoms with Crippen molar-refractivity contribution >= 4 is 35.4 Å². The number of benzene rings is 2. The van der Waals surface area contributed by atoms with Gasteiger partial charge in [0.25, 0.3) is 0 Å². The first-order chi connectivity index (χ1) is 32.0. The van der Waals surface area contributed by atoms with E-state index in [2.05, 4.69) is 67.7 Å². The molecule has 2 saturated heterocycles. The Morgan fingerprint density at radius 2 is 1.02 bits per heavy atom. The summed E-state index contributed by atoms with van der Waals surface area (Å²) in [6, 6.07) is 11.4. The van der Waals surface area contributed by atoms with Crippen LogP contribution in [-0.2, 0) is 51.1 Å². The zero-order chi connectivity index (χ0) is 47.0. The van der Waals surface area contributed by atoms with E-state index in [0.29, 0.717) is 38.8 Å². The van der Waals surface area contributed by atoms with Crippen molar-refractivity contribution in [1.29, 1.82) is 0 Å². The van der Waals surface area contributed by atoms with Crippen LogP contribution in [0.1, 0.15) is 99.6 Å². The second-order valence-corrected chi connectivity index (χ2v) is 17.5. The molecule has 6 rings (SSSR count). The number of amides is 6. The highest BCUT2D eigenvalue weighted by atomic mass is 16.5. The zero-order valence-electron chi connectivity index (χ0n) is 38.7. The largest absolute Gasteiger partial charge is 0.366 e. The molecule has 0 saturated carbocycles. The second kappa shape index (κ2) is 24.7. The molecule has 6 amide bonds. The van der Waals surface area contributed by atoms with Gasteiger partial charge in [0, 0.05) is 13.1 Å². The molecule has 2 heterocycles. The summed E-state index contributed by atoms with van der Waals surface area (Å²) < 4.78 is 11.5. The van der Waals surface area contributed by atoms with Gasteiger partial charge in [-0.05, 0) is 126 Å². The lowest BCUT2D eigenvalue weighted by molar-refractivity contribution is -0.143. The van der Waals surface area contributed by atoms with Gasteiger partial charge in [0.2, 0.25) is 35.4 Å². The number of carbonyl (C=O) groups is 6. The summed E-state index contributed by atoms with van der Waals surface area (Å²) in [7, 11) is 3.29. The van der Waals surface area contributed by atoms with Crippen LogP contribution >= 0.6 is 0 Å². The van der Waals surface area contributed by atoms with Crippen LogP contribution < -0.4 is 31.9 Å². The van der Waals surface area contributed by atoms with E-state index >= 15 is 0 Å². The van der Waals surface area contributed by atoms with Crippen molar-refractivity contribution in [2.45, 2.75) is 126 Å². The molecule has 4 aliphatic rings. The van der Waals surface area contributed by atoms with Gasteiger partial charge in [0.1, 0.15) is 37.4 Å². The Kier molecular flexibility index (Phi) is 18.6. The Morgan fingerprint density at radius 1 is 0.606 bits per heavy atom. The van der Waals surface area contributed by atoms with Gasteiger partial charge >= 0.3 is 0 Å². The van der Waals surface area contributed by atoms with Crippen molar-refractivity contribution in [3.8, 4) is 23.7 Å². The van der Waals surface area contributed by atoms with E-state index in [4.69, 9.17) is 9.47 Å². The average Bonchev–Trinajstić information content (AvgIpc) is 4.05. The predicted octanol–water partition coefficient (Wildman–Crippen LogP) is 1.58. The minimum atomic E-state index is -1.05. The molecular formula is C50H66N8O8. The summed E-state index contributed by atoms with van der Waals surface area (Å²) in [5, 5.41) is 17.7. The van der Waals surface area contributed by atoms with Crippen molar-refractivity contribution in [3.05, 3.63) is 70.8 Å². The molecule has 16 heteroatoms. The van der Waals surface area contributed by atoms with Gasteiger partial charge in [-0.1, -0.05) is 60.4 Å². The lowest BCUT2D eigenvalue weighted by Gasteiger charge is -2.31. The Bertz CT molecular complexity index is 2030. The van der Waals surface area contributed by atoms with Crippen LogP contribution in [0.25, 0.3) is 0 Å². The summed E-state index contributed by atoms with van der Waals surface area (Å²) in [6.45, 7) is 3.60. The minimum Gasteiger partial charge on any atom is -0.366 e. The van der Waals surface area contributed by atoms with E-state index in [1.54, 1.807) is 37.7 Å². The van der Waals surface area contributed by atoms with Crippen LogP contribution in [-0.4, -0.2) is 135 Å². The van der Waals surface area contributed by atoms with E-state index in [1.165, 1.54) is 11.1 Å². The fourth-order valence-electron chi connectivity index (χ4n) is 9.17. The van der Waals surface area contributed by atoms with Crippen molar-refractivity contribution in [1.82, 2.24) is 41.7 Å². The summed E-state index contributed by atoms with van der Waals surface area (Å²) in [4.78, 5) is 84.3. The van der Waals surface area contributed by atoms with Crippen molar-refractivity contribution in [3.63, 3.8) is 0 Å². The SMILES string of the molecule is CN[C@@H](C)C(=O)N[C@@H](COCC#CC#CCOC[C@H](NC(=O)[C@H](C)NC)C(=O)N1CCCC1C(=O)N[C@@H]1CCCc2ccccc21)C(=O)N1CCCC1C(=O)N[C@@H]1CCCc2ccccc21. The van der Waals surface area contributed by atoms with E-state index < -0.39 is 48.1 Å². The molecule has 2 aromatic rings. The van der Waals surface area contributed by atoms with Crippen molar-refractivity contribution in [2.75, 3.05) is 53.6 Å². The van der Waals surface area contributed by atoms with Gasteiger partial charge in [0.05, 0.1) is 37.4 Å². The molecule has 16 nitrogen and oxygen atoms in total. The first kappa shape index (κ1) is 49.6. The average molecular weight is 907 g/mol. The lowest BCUT2D eigenvalue weighted by atomic mass is 9.87. The third-order valence-corrected chi connectivity index (χ3v) is 13.1. The quantitative estimate of drug-likeness (QED) is 0.0944. The number of nitrogens with one attached hydrogen (secondary N) is 6. The second-order valence-electron chi connectivity index (χ2n) is 17.5. The third-order valence-electron chi connectivity index (χ3n) is 13.1. The molecule has 0 radical (unpaired) electrons. The smallest absolute Gasteiger partial charge is 0.248 e. The number of ether oxygens (including phenoxy) is 2. The molecule has 8 atom stereocenters. The van der Waals surface area contributed by atoms with Gasteiger partial charge < -0.3 is 51.2 Å². The molecule has 2 unspecified atom stereocenters. The highest BCUT2D eigenvalue weighted by Gasteiger charge is 2.41. The van der Waals surface area contributed by atoms with Crippen molar-refractivity contribution < 1.29 is 38.2 Å². The van der Waals surface area contributed by atoms with Crippen LogP contribution in [0.5, 0.6) is 0 Å². The minimum absolute atomic E-state index is 0.0914.